The van der Waals surface area contributed by atoms with Crippen LogP contribution in [0.5, 0.6) is 0 Å². The highest BCUT2D eigenvalue weighted by Crippen LogP contribution is 2.28. The van der Waals surface area contributed by atoms with E-state index in [0.717, 1.165) is 15.7 Å². The van der Waals surface area contributed by atoms with Crippen LogP contribution in [0, 0.1) is 5.92 Å². The Hall–Kier alpha value is -1.56. The second-order valence-corrected chi connectivity index (χ2v) is 6.50. The number of carboxylic acids is 1. The van der Waals surface area contributed by atoms with Crippen molar-refractivity contribution in [3.8, 4) is 0 Å². The smallest absolute Gasteiger partial charge is 0.321 e. The number of hydrogen-bond acceptors (Lipinski definition) is 2. The van der Waals surface area contributed by atoms with Crippen molar-refractivity contribution in [1.29, 1.82) is 0 Å². The summed E-state index contributed by atoms with van der Waals surface area (Å²) in [6.45, 7) is 4.88. The molecule has 0 saturated carbocycles. The van der Waals surface area contributed by atoms with Crippen molar-refractivity contribution < 1.29 is 14.7 Å². The Bertz CT molecular complexity index is 560. The third-order valence-electron chi connectivity index (χ3n) is 3.70. The first-order chi connectivity index (χ1) is 9.88. The predicted octanol–water partition coefficient (Wildman–Crippen LogP) is 3.51. The molecule has 1 heterocycles. The lowest BCUT2D eigenvalue weighted by molar-refractivity contribution is -0.141. The number of likely N-dealkylation sites (tertiary alicyclic amines) is 1. The van der Waals surface area contributed by atoms with E-state index in [1.54, 1.807) is 4.90 Å². The minimum atomic E-state index is -0.836. The minimum Gasteiger partial charge on any atom is -0.481 e. The summed E-state index contributed by atoms with van der Waals surface area (Å²) in [7, 11) is 0. The average Bonchev–Trinajstić information content (AvgIpc) is 2.90. The number of carbonyl (C=O) groups excluding carboxylic acids is 1. The van der Waals surface area contributed by atoms with Crippen LogP contribution in [0.25, 0.3) is 0 Å². The summed E-state index contributed by atoms with van der Waals surface area (Å²) in [5.41, 5.74) is 1.82. The number of amides is 2. The number of benzene rings is 1. The van der Waals surface area contributed by atoms with Gasteiger partial charge in [0, 0.05) is 23.2 Å². The molecule has 1 atom stereocenters. The monoisotopic (exact) mass is 354 g/mol. The molecule has 6 heteroatoms. The second-order valence-electron chi connectivity index (χ2n) is 5.59. The highest BCUT2D eigenvalue weighted by Gasteiger charge is 2.31. The lowest BCUT2D eigenvalue weighted by atomic mass is 10.0. The Balaban J connectivity index is 2.08. The molecule has 1 aliphatic rings. The fourth-order valence-electron chi connectivity index (χ4n) is 2.47. The molecule has 0 bridgehead atoms. The molecule has 1 fully saturated rings. The van der Waals surface area contributed by atoms with Crippen LogP contribution in [0.3, 0.4) is 0 Å². The average molecular weight is 355 g/mol. The molecule has 1 aliphatic heterocycles. The van der Waals surface area contributed by atoms with Gasteiger partial charge in [-0.2, -0.15) is 0 Å². The number of nitrogens with one attached hydrogen (secondary N) is 1. The van der Waals surface area contributed by atoms with Gasteiger partial charge >= 0.3 is 12.0 Å². The van der Waals surface area contributed by atoms with Gasteiger partial charge in [-0.1, -0.05) is 29.8 Å². The van der Waals surface area contributed by atoms with Crippen molar-refractivity contribution in [2.45, 2.75) is 26.2 Å². The summed E-state index contributed by atoms with van der Waals surface area (Å²) < 4.78 is 0.969. The summed E-state index contributed by atoms with van der Waals surface area (Å²) in [6.07, 6.45) is 0.514. The van der Waals surface area contributed by atoms with E-state index in [0.29, 0.717) is 13.0 Å². The number of carboxylic acid groups (broad SMARTS) is 1. The number of rotatable bonds is 3. The van der Waals surface area contributed by atoms with Gasteiger partial charge in [-0.05, 0) is 36.1 Å². The van der Waals surface area contributed by atoms with Crippen molar-refractivity contribution in [2.75, 3.05) is 18.4 Å². The molecule has 5 nitrogen and oxygen atoms in total. The molecule has 21 heavy (non-hydrogen) atoms. The van der Waals surface area contributed by atoms with Crippen LogP contribution in [0.1, 0.15) is 31.7 Å². The number of hydrogen-bond donors (Lipinski definition) is 2. The first-order valence-electron chi connectivity index (χ1n) is 6.96. The number of carbonyl (C=O) groups is 2. The van der Waals surface area contributed by atoms with Crippen LogP contribution in [0.15, 0.2) is 22.7 Å². The zero-order valence-electron chi connectivity index (χ0n) is 12.1. The Morgan fingerprint density at radius 2 is 2.14 bits per heavy atom. The van der Waals surface area contributed by atoms with Crippen LogP contribution in [-0.2, 0) is 4.79 Å². The Morgan fingerprint density at radius 3 is 2.71 bits per heavy atom. The first-order valence-corrected chi connectivity index (χ1v) is 7.76. The van der Waals surface area contributed by atoms with E-state index in [1.165, 1.54) is 0 Å². The van der Waals surface area contributed by atoms with Crippen LogP contribution >= 0.6 is 15.9 Å². The lowest BCUT2D eigenvalue weighted by Crippen LogP contribution is -2.34. The van der Waals surface area contributed by atoms with Crippen LogP contribution < -0.4 is 5.32 Å². The molecule has 2 amide bonds. The molecule has 114 valence electrons. The molecule has 1 aromatic rings. The number of nitrogens with zero attached hydrogens (tertiary/aromatic N) is 1. The summed E-state index contributed by atoms with van der Waals surface area (Å²) in [5.74, 6) is -1.01. The van der Waals surface area contributed by atoms with Gasteiger partial charge in [-0.3, -0.25) is 4.79 Å². The number of anilines is 1. The second kappa shape index (κ2) is 6.47. The maximum Gasteiger partial charge on any atom is 0.321 e. The van der Waals surface area contributed by atoms with E-state index in [-0.39, 0.29) is 18.5 Å². The van der Waals surface area contributed by atoms with Gasteiger partial charge in [-0.25, -0.2) is 4.79 Å². The van der Waals surface area contributed by atoms with Gasteiger partial charge in [0.25, 0.3) is 0 Å². The van der Waals surface area contributed by atoms with E-state index < -0.39 is 11.9 Å². The van der Waals surface area contributed by atoms with Crippen molar-refractivity contribution >= 4 is 33.6 Å². The topological polar surface area (TPSA) is 69.6 Å². The minimum absolute atomic E-state index is 0.233. The molecule has 0 radical (unpaired) electrons. The highest BCUT2D eigenvalue weighted by atomic mass is 79.9. The van der Waals surface area contributed by atoms with Gasteiger partial charge < -0.3 is 15.3 Å². The van der Waals surface area contributed by atoms with Gasteiger partial charge in [0.1, 0.15) is 0 Å². The largest absolute Gasteiger partial charge is 0.481 e. The Kier molecular flexibility index (Phi) is 4.88. The summed E-state index contributed by atoms with van der Waals surface area (Å²) >= 11 is 3.43. The fraction of sp³-hybridized carbons (Fsp3) is 0.467. The lowest BCUT2D eigenvalue weighted by Gasteiger charge is -2.19. The zero-order valence-corrected chi connectivity index (χ0v) is 13.7. The van der Waals surface area contributed by atoms with Crippen molar-refractivity contribution in [1.82, 2.24) is 4.90 Å². The zero-order chi connectivity index (χ0) is 15.6. The number of urea groups is 1. The molecule has 1 unspecified atom stereocenters. The molecular weight excluding hydrogens is 336 g/mol. The first kappa shape index (κ1) is 15.8. The molecule has 0 aromatic heterocycles. The van der Waals surface area contributed by atoms with Crippen molar-refractivity contribution in [3.63, 3.8) is 0 Å². The quantitative estimate of drug-likeness (QED) is 0.872. The van der Waals surface area contributed by atoms with E-state index in [9.17, 15) is 9.59 Å². The Morgan fingerprint density at radius 1 is 1.43 bits per heavy atom. The van der Waals surface area contributed by atoms with Crippen molar-refractivity contribution in [2.24, 2.45) is 5.92 Å². The summed E-state index contributed by atoms with van der Waals surface area (Å²) in [5, 5.41) is 11.9. The van der Waals surface area contributed by atoms with E-state index >= 15 is 0 Å². The maximum absolute atomic E-state index is 12.3. The van der Waals surface area contributed by atoms with Gasteiger partial charge in [0.05, 0.1) is 5.92 Å². The fourth-order valence-corrected chi connectivity index (χ4v) is 2.84. The van der Waals surface area contributed by atoms with Crippen LogP contribution in [0.2, 0.25) is 0 Å². The van der Waals surface area contributed by atoms with Crippen molar-refractivity contribution in [3.05, 3.63) is 28.2 Å². The number of halogens is 1. The normalized spacial score (nSPS) is 18.1. The molecular formula is C15H19BrN2O3. The van der Waals surface area contributed by atoms with Gasteiger partial charge in [-0.15, -0.1) is 0 Å². The predicted molar refractivity (Wildman–Crippen MR) is 84.6 cm³/mol. The number of aliphatic carboxylic acids is 1. The third kappa shape index (κ3) is 3.75. The molecule has 2 N–H and O–H groups in total. The van der Waals surface area contributed by atoms with E-state index in [4.69, 9.17) is 5.11 Å². The molecule has 0 spiro atoms. The van der Waals surface area contributed by atoms with Crippen LogP contribution in [0.4, 0.5) is 10.5 Å². The highest BCUT2D eigenvalue weighted by molar-refractivity contribution is 9.10. The van der Waals surface area contributed by atoms with E-state index in [2.05, 4.69) is 35.1 Å². The summed E-state index contributed by atoms with van der Waals surface area (Å²) in [4.78, 5) is 24.8. The standard InChI is InChI=1S/C15H19BrN2O3/c1-9(2)12-7-11(16)3-4-13(12)17-15(21)18-6-5-10(8-18)14(19)20/h3-4,7,9-10H,5-6,8H2,1-2H3,(H,17,21)(H,19,20). The van der Waals surface area contributed by atoms with Gasteiger partial charge in [0.15, 0.2) is 0 Å². The molecule has 0 aliphatic carbocycles. The maximum atomic E-state index is 12.3. The Labute approximate surface area is 132 Å². The van der Waals surface area contributed by atoms with Gasteiger partial charge in [0.2, 0.25) is 0 Å². The third-order valence-corrected chi connectivity index (χ3v) is 4.20. The molecule has 1 saturated heterocycles. The van der Waals surface area contributed by atoms with Crippen LogP contribution in [-0.4, -0.2) is 35.1 Å². The molecule has 2 rings (SSSR count). The molecule has 1 aromatic carbocycles. The SMILES string of the molecule is CC(C)c1cc(Br)ccc1NC(=O)N1CCC(C(=O)O)C1. The van der Waals surface area contributed by atoms with E-state index in [1.807, 2.05) is 18.2 Å². The summed E-state index contributed by atoms with van der Waals surface area (Å²) in [6, 6.07) is 5.50.